The first kappa shape index (κ1) is 16.9. The maximum absolute atomic E-state index is 14.1. The molecule has 0 saturated heterocycles. The van der Waals surface area contributed by atoms with Crippen LogP contribution in [0.1, 0.15) is 39.9 Å². The predicted molar refractivity (Wildman–Crippen MR) is 92.0 cm³/mol. The van der Waals surface area contributed by atoms with E-state index < -0.39 is 11.8 Å². The number of carbonyl (C=O) groups is 1. The zero-order valence-electron chi connectivity index (χ0n) is 13.2. The van der Waals surface area contributed by atoms with Crippen LogP contribution in [0, 0.1) is 18.7 Å². The Labute approximate surface area is 147 Å². The van der Waals surface area contributed by atoms with Crippen LogP contribution in [0.5, 0.6) is 0 Å². The first-order chi connectivity index (χ1) is 11.4. The topological polar surface area (TPSA) is 59.3 Å². The van der Waals surface area contributed by atoms with Gasteiger partial charge < -0.3 is 9.67 Å². The molecule has 126 valence electrons. The van der Waals surface area contributed by atoms with Crippen molar-refractivity contribution in [1.29, 1.82) is 0 Å². The van der Waals surface area contributed by atoms with Crippen molar-refractivity contribution in [3.63, 3.8) is 0 Å². The van der Waals surface area contributed by atoms with E-state index in [0.717, 1.165) is 12.8 Å². The van der Waals surface area contributed by atoms with Gasteiger partial charge in [-0.05, 0) is 48.9 Å². The number of hydrogen-bond acceptors (Lipinski definition) is 2. The normalized spacial score (nSPS) is 14.0. The molecule has 0 unspecified atom stereocenters. The molecule has 1 aromatic heterocycles. The molecule has 6 heteroatoms. The van der Waals surface area contributed by atoms with E-state index in [-0.39, 0.29) is 17.5 Å². The lowest BCUT2D eigenvalue weighted by molar-refractivity contribution is 0.0694. The number of nitrogens with zero attached hydrogens (tertiary/aromatic N) is 1. The van der Waals surface area contributed by atoms with E-state index in [1.165, 1.54) is 16.8 Å². The number of carboxylic acid groups (broad SMARTS) is 1. The second-order valence-corrected chi connectivity index (χ2v) is 7.18. The van der Waals surface area contributed by atoms with Crippen molar-refractivity contribution in [2.24, 2.45) is 5.92 Å². The molecular formula is C18H17BrFNO3. The summed E-state index contributed by atoms with van der Waals surface area (Å²) in [7, 11) is 0. The lowest BCUT2D eigenvalue weighted by atomic mass is 9.97. The summed E-state index contributed by atoms with van der Waals surface area (Å²) in [5.41, 5.74) is 0.983. The fraction of sp³-hybridized carbons (Fsp3) is 0.333. The van der Waals surface area contributed by atoms with E-state index >= 15 is 0 Å². The molecule has 2 aromatic rings. The molecule has 0 amide bonds. The fourth-order valence-corrected chi connectivity index (χ4v) is 3.15. The largest absolute Gasteiger partial charge is 0.478 e. The number of aromatic nitrogens is 1. The van der Waals surface area contributed by atoms with Gasteiger partial charge in [0, 0.05) is 29.2 Å². The second-order valence-electron chi connectivity index (χ2n) is 6.26. The maximum Gasteiger partial charge on any atom is 0.337 e. The lowest BCUT2D eigenvalue weighted by Crippen LogP contribution is -2.27. The van der Waals surface area contributed by atoms with Crippen LogP contribution >= 0.6 is 15.9 Å². The molecule has 0 aliphatic heterocycles. The first-order valence-corrected chi connectivity index (χ1v) is 8.56. The molecule has 24 heavy (non-hydrogen) atoms. The molecule has 1 aromatic carbocycles. The minimum absolute atomic E-state index is 0.0649. The quantitative estimate of drug-likeness (QED) is 0.840. The smallest absolute Gasteiger partial charge is 0.337 e. The third kappa shape index (κ3) is 3.43. The first-order valence-electron chi connectivity index (χ1n) is 7.77. The van der Waals surface area contributed by atoms with Gasteiger partial charge in [0.15, 0.2) is 0 Å². The Bertz CT molecular complexity index is 871. The van der Waals surface area contributed by atoms with Gasteiger partial charge in [-0.25, -0.2) is 9.18 Å². The van der Waals surface area contributed by atoms with Crippen molar-refractivity contribution < 1.29 is 14.3 Å². The van der Waals surface area contributed by atoms with Crippen LogP contribution in [0.25, 0.3) is 0 Å². The van der Waals surface area contributed by atoms with Gasteiger partial charge in [0.2, 0.25) is 0 Å². The summed E-state index contributed by atoms with van der Waals surface area (Å²) in [6.45, 7) is 2.16. The van der Waals surface area contributed by atoms with Gasteiger partial charge >= 0.3 is 5.97 Å². The Morgan fingerprint density at radius 2 is 2.12 bits per heavy atom. The summed E-state index contributed by atoms with van der Waals surface area (Å²) in [5.74, 6) is -1.07. The minimum atomic E-state index is -1.10. The monoisotopic (exact) mass is 393 g/mol. The van der Waals surface area contributed by atoms with Crippen molar-refractivity contribution in [2.75, 3.05) is 0 Å². The Balaban J connectivity index is 2.06. The molecule has 1 fully saturated rings. The Kier molecular flexibility index (Phi) is 4.58. The Morgan fingerprint density at radius 3 is 2.71 bits per heavy atom. The van der Waals surface area contributed by atoms with E-state index in [0.29, 0.717) is 33.6 Å². The summed E-state index contributed by atoms with van der Waals surface area (Å²) in [4.78, 5) is 24.2. The highest BCUT2D eigenvalue weighted by molar-refractivity contribution is 9.10. The molecular weight excluding hydrogens is 377 g/mol. The van der Waals surface area contributed by atoms with Gasteiger partial charge in [-0.3, -0.25) is 4.79 Å². The molecule has 0 atom stereocenters. The zero-order chi connectivity index (χ0) is 17.4. The van der Waals surface area contributed by atoms with Gasteiger partial charge in [-0.2, -0.15) is 0 Å². The van der Waals surface area contributed by atoms with Crippen LogP contribution < -0.4 is 5.56 Å². The fourth-order valence-electron chi connectivity index (χ4n) is 2.82. The molecule has 0 radical (unpaired) electrons. The van der Waals surface area contributed by atoms with Crippen molar-refractivity contribution in [1.82, 2.24) is 4.57 Å². The lowest BCUT2D eigenvalue weighted by Gasteiger charge is -2.14. The van der Waals surface area contributed by atoms with Crippen LogP contribution in [0.4, 0.5) is 4.39 Å². The number of carboxylic acids is 1. The van der Waals surface area contributed by atoms with Crippen molar-refractivity contribution in [2.45, 2.75) is 32.7 Å². The standard InChI is InChI=1S/C18H17BrFNO3/c1-10-14(6-12-4-5-13(19)7-16(12)20)15(18(23)24)9-21(17(10)22)8-11-2-3-11/h4-5,7,9,11H,2-3,6,8H2,1H3,(H,23,24). The summed E-state index contributed by atoms with van der Waals surface area (Å²) >= 11 is 3.20. The number of hydrogen-bond donors (Lipinski definition) is 1. The van der Waals surface area contributed by atoms with Gasteiger partial charge in [0.05, 0.1) is 5.56 Å². The molecule has 1 heterocycles. The maximum atomic E-state index is 14.1. The summed E-state index contributed by atoms with van der Waals surface area (Å²) < 4.78 is 16.2. The number of benzene rings is 1. The third-order valence-electron chi connectivity index (χ3n) is 4.41. The summed E-state index contributed by atoms with van der Waals surface area (Å²) in [6, 6.07) is 4.63. The highest BCUT2D eigenvalue weighted by atomic mass is 79.9. The van der Waals surface area contributed by atoms with Crippen LogP contribution in [0.15, 0.2) is 33.7 Å². The van der Waals surface area contributed by atoms with Gasteiger partial charge in [0.25, 0.3) is 5.56 Å². The molecule has 0 spiro atoms. The second kappa shape index (κ2) is 6.51. The molecule has 1 aliphatic carbocycles. The number of pyridine rings is 1. The summed E-state index contributed by atoms with van der Waals surface area (Å²) in [5, 5.41) is 9.53. The van der Waals surface area contributed by atoms with E-state index in [9.17, 15) is 19.1 Å². The molecule has 0 bridgehead atoms. The number of rotatable bonds is 5. The van der Waals surface area contributed by atoms with Crippen molar-refractivity contribution in [3.05, 3.63) is 67.3 Å². The molecule has 1 aliphatic rings. The zero-order valence-corrected chi connectivity index (χ0v) is 14.8. The highest BCUT2D eigenvalue weighted by Crippen LogP contribution is 2.30. The van der Waals surface area contributed by atoms with Gasteiger partial charge in [-0.15, -0.1) is 0 Å². The summed E-state index contributed by atoms with van der Waals surface area (Å²) in [6.07, 6.45) is 3.62. The van der Waals surface area contributed by atoms with Gasteiger partial charge in [-0.1, -0.05) is 22.0 Å². The Morgan fingerprint density at radius 1 is 1.42 bits per heavy atom. The van der Waals surface area contributed by atoms with Crippen molar-refractivity contribution >= 4 is 21.9 Å². The molecule has 1 saturated carbocycles. The molecule has 4 nitrogen and oxygen atoms in total. The van der Waals surface area contributed by atoms with E-state index in [4.69, 9.17) is 0 Å². The SMILES string of the molecule is Cc1c(Cc2ccc(Br)cc2F)c(C(=O)O)cn(CC2CC2)c1=O. The molecule has 1 N–H and O–H groups in total. The average molecular weight is 394 g/mol. The van der Waals surface area contributed by atoms with E-state index in [1.807, 2.05) is 0 Å². The van der Waals surface area contributed by atoms with E-state index in [1.54, 1.807) is 19.1 Å². The third-order valence-corrected chi connectivity index (χ3v) is 4.90. The number of aromatic carboxylic acids is 1. The van der Waals surface area contributed by atoms with Crippen LogP contribution in [-0.2, 0) is 13.0 Å². The van der Waals surface area contributed by atoms with Gasteiger partial charge in [0.1, 0.15) is 5.82 Å². The van der Waals surface area contributed by atoms with Crippen LogP contribution in [0.2, 0.25) is 0 Å². The van der Waals surface area contributed by atoms with Crippen LogP contribution in [0.3, 0.4) is 0 Å². The predicted octanol–water partition coefficient (Wildman–Crippen LogP) is 3.76. The highest BCUT2D eigenvalue weighted by Gasteiger charge is 2.25. The van der Waals surface area contributed by atoms with Crippen molar-refractivity contribution in [3.8, 4) is 0 Å². The van der Waals surface area contributed by atoms with E-state index in [2.05, 4.69) is 15.9 Å². The number of halogens is 2. The van der Waals surface area contributed by atoms with Crippen LogP contribution in [-0.4, -0.2) is 15.6 Å². The average Bonchev–Trinajstić information content (AvgIpc) is 3.32. The minimum Gasteiger partial charge on any atom is -0.478 e. The Hall–Kier alpha value is -1.95. The molecule has 3 rings (SSSR count).